The van der Waals surface area contributed by atoms with Crippen LogP contribution in [0.4, 0.5) is 0 Å². The topological polar surface area (TPSA) is 81.4 Å². The summed E-state index contributed by atoms with van der Waals surface area (Å²) in [4.78, 5) is 25.8. The molecule has 2 aliphatic rings. The van der Waals surface area contributed by atoms with E-state index in [1.807, 2.05) is 6.92 Å². The summed E-state index contributed by atoms with van der Waals surface area (Å²) < 4.78 is 0. The standard InChI is InChI=1S/C15H22N2O3/c1-2-10-8-12(13(9-10)15(19)20)14(18)17(7-3-6-16)11-4-5-11/h10-13H,2-5,7-9H2,1H3,(H,19,20)/t10?,12-,13+/m0/s1. The first-order valence-electron chi connectivity index (χ1n) is 7.48. The second-order valence-electron chi connectivity index (χ2n) is 5.97. The molecule has 2 saturated carbocycles. The van der Waals surface area contributed by atoms with Crippen LogP contribution >= 0.6 is 0 Å². The molecule has 1 N–H and O–H groups in total. The van der Waals surface area contributed by atoms with Crippen molar-refractivity contribution in [1.82, 2.24) is 4.90 Å². The van der Waals surface area contributed by atoms with Crippen LogP contribution < -0.4 is 0 Å². The number of hydrogen-bond acceptors (Lipinski definition) is 3. The second-order valence-corrected chi connectivity index (χ2v) is 5.97. The van der Waals surface area contributed by atoms with Crippen LogP contribution in [0.2, 0.25) is 0 Å². The highest BCUT2D eigenvalue weighted by Crippen LogP contribution is 2.41. The largest absolute Gasteiger partial charge is 0.481 e. The van der Waals surface area contributed by atoms with Crippen LogP contribution in [0.3, 0.4) is 0 Å². The van der Waals surface area contributed by atoms with Gasteiger partial charge in [-0.2, -0.15) is 5.26 Å². The van der Waals surface area contributed by atoms with Gasteiger partial charge >= 0.3 is 5.97 Å². The fourth-order valence-electron chi connectivity index (χ4n) is 3.26. The second kappa shape index (κ2) is 6.25. The molecule has 0 bridgehead atoms. The van der Waals surface area contributed by atoms with Gasteiger partial charge in [-0.25, -0.2) is 0 Å². The molecule has 3 atom stereocenters. The average molecular weight is 278 g/mol. The Balaban J connectivity index is 2.08. The SMILES string of the molecule is CCC1C[C@H](C(=O)N(CCC#N)C2CC2)[C@H](C(=O)O)C1. The average Bonchev–Trinajstić information content (AvgIpc) is 3.16. The van der Waals surface area contributed by atoms with Gasteiger partial charge in [0.05, 0.1) is 24.3 Å². The van der Waals surface area contributed by atoms with Crippen molar-refractivity contribution in [3.63, 3.8) is 0 Å². The molecular weight excluding hydrogens is 256 g/mol. The molecule has 0 aliphatic heterocycles. The zero-order valence-corrected chi connectivity index (χ0v) is 11.9. The Morgan fingerprint density at radius 3 is 2.45 bits per heavy atom. The molecule has 5 heteroatoms. The minimum absolute atomic E-state index is 0.0360. The molecule has 0 saturated heterocycles. The number of hydrogen-bond donors (Lipinski definition) is 1. The summed E-state index contributed by atoms with van der Waals surface area (Å²) in [6.45, 7) is 2.49. The summed E-state index contributed by atoms with van der Waals surface area (Å²) in [5.74, 6) is -1.49. The smallest absolute Gasteiger partial charge is 0.307 e. The van der Waals surface area contributed by atoms with Crippen molar-refractivity contribution >= 4 is 11.9 Å². The maximum Gasteiger partial charge on any atom is 0.307 e. The van der Waals surface area contributed by atoms with Crippen LogP contribution in [0, 0.1) is 29.1 Å². The van der Waals surface area contributed by atoms with Gasteiger partial charge in [0.25, 0.3) is 0 Å². The van der Waals surface area contributed by atoms with Gasteiger partial charge in [-0.1, -0.05) is 13.3 Å². The third kappa shape index (κ3) is 3.12. The first-order valence-corrected chi connectivity index (χ1v) is 7.48. The van der Waals surface area contributed by atoms with Crippen molar-refractivity contribution in [2.24, 2.45) is 17.8 Å². The van der Waals surface area contributed by atoms with Crippen molar-refractivity contribution in [2.45, 2.75) is 51.5 Å². The summed E-state index contributed by atoms with van der Waals surface area (Å²) in [5, 5.41) is 18.0. The van der Waals surface area contributed by atoms with Crippen LogP contribution in [0.1, 0.15) is 45.4 Å². The summed E-state index contributed by atoms with van der Waals surface area (Å²) in [6.07, 6.45) is 4.51. The van der Waals surface area contributed by atoms with E-state index in [2.05, 4.69) is 6.07 Å². The van der Waals surface area contributed by atoms with Gasteiger partial charge in [0.1, 0.15) is 0 Å². The van der Waals surface area contributed by atoms with Crippen LogP contribution in [0.25, 0.3) is 0 Å². The number of aliphatic carboxylic acids is 1. The normalized spacial score (nSPS) is 28.9. The minimum atomic E-state index is -0.852. The number of carboxylic acids is 1. The number of nitriles is 1. The number of rotatable bonds is 6. The summed E-state index contributed by atoms with van der Waals surface area (Å²) in [5.41, 5.74) is 0. The van der Waals surface area contributed by atoms with E-state index in [0.717, 1.165) is 19.3 Å². The molecule has 1 unspecified atom stereocenters. The molecule has 0 aromatic heterocycles. The Bertz CT molecular complexity index is 425. The van der Waals surface area contributed by atoms with E-state index < -0.39 is 17.8 Å². The van der Waals surface area contributed by atoms with E-state index in [4.69, 9.17) is 5.26 Å². The van der Waals surface area contributed by atoms with Crippen molar-refractivity contribution in [3.8, 4) is 6.07 Å². The molecule has 20 heavy (non-hydrogen) atoms. The lowest BCUT2D eigenvalue weighted by molar-refractivity contribution is -0.149. The molecule has 0 radical (unpaired) electrons. The molecular formula is C15H22N2O3. The van der Waals surface area contributed by atoms with Crippen LogP contribution in [-0.2, 0) is 9.59 Å². The Labute approximate surface area is 119 Å². The first-order chi connectivity index (χ1) is 9.58. The van der Waals surface area contributed by atoms with Gasteiger partial charge in [0, 0.05) is 12.6 Å². The van der Waals surface area contributed by atoms with Gasteiger partial charge in [0.2, 0.25) is 5.91 Å². The van der Waals surface area contributed by atoms with Crippen molar-refractivity contribution in [2.75, 3.05) is 6.54 Å². The highest BCUT2D eigenvalue weighted by atomic mass is 16.4. The first kappa shape index (κ1) is 14.8. The molecule has 0 heterocycles. The predicted molar refractivity (Wildman–Crippen MR) is 72.6 cm³/mol. The van der Waals surface area contributed by atoms with E-state index in [9.17, 15) is 14.7 Å². The minimum Gasteiger partial charge on any atom is -0.481 e. The lowest BCUT2D eigenvalue weighted by atomic mass is 9.94. The lowest BCUT2D eigenvalue weighted by Gasteiger charge is -2.26. The van der Waals surface area contributed by atoms with Crippen molar-refractivity contribution in [3.05, 3.63) is 0 Å². The van der Waals surface area contributed by atoms with Crippen LogP contribution in [0.5, 0.6) is 0 Å². The van der Waals surface area contributed by atoms with Crippen molar-refractivity contribution < 1.29 is 14.7 Å². The maximum absolute atomic E-state index is 12.7. The summed E-state index contributed by atoms with van der Waals surface area (Å²) in [7, 11) is 0. The number of nitrogens with zero attached hydrogens (tertiary/aromatic N) is 2. The van der Waals surface area contributed by atoms with Gasteiger partial charge in [0.15, 0.2) is 0 Å². The van der Waals surface area contributed by atoms with Crippen LogP contribution in [0.15, 0.2) is 0 Å². The highest BCUT2D eigenvalue weighted by molar-refractivity contribution is 5.85. The fourth-order valence-corrected chi connectivity index (χ4v) is 3.26. The fraction of sp³-hybridized carbons (Fsp3) is 0.800. The molecule has 110 valence electrons. The molecule has 0 aromatic rings. The van der Waals surface area contributed by atoms with E-state index in [0.29, 0.717) is 31.7 Å². The van der Waals surface area contributed by atoms with Gasteiger partial charge in [-0.05, 0) is 31.6 Å². The number of carbonyl (C=O) groups is 2. The number of carbonyl (C=O) groups excluding carboxylic acids is 1. The predicted octanol–water partition coefficient (Wildman–Crippen LogP) is 2.03. The molecule has 5 nitrogen and oxygen atoms in total. The van der Waals surface area contributed by atoms with E-state index in [1.165, 1.54) is 0 Å². The summed E-state index contributed by atoms with van der Waals surface area (Å²) in [6, 6.07) is 2.31. The zero-order chi connectivity index (χ0) is 14.7. The number of carboxylic acid groups (broad SMARTS) is 1. The third-order valence-corrected chi connectivity index (χ3v) is 4.61. The quantitative estimate of drug-likeness (QED) is 0.806. The molecule has 1 amide bonds. The maximum atomic E-state index is 12.7. The monoisotopic (exact) mass is 278 g/mol. The van der Waals surface area contributed by atoms with Crippen LogP contribution in [-0.4, -0.2) is 34.5 Å². The molecule has 2 rings (SSSR count). The molecule has 0 aromatic carbocycles. The molecule has 2 aliphatic carbocycles. The Morgan fingerprint density at radius 2 is 1.95 bits per heavy atom. The third-order valence-electron chi connectivity index (χ3n) is 4.61. The van der Waals surface area contributed by atoms with Gasteiger partial charge < -0.3 is 10.0 Å². The zero-order valence-electron chi connectivity index (χ0n) is 11.9. The Kier molecular flexibility index (Phi) is 4.64. The Morgan fingerprint density at radius 1 is 1.30 bits per heavy atom. The molecule has 2 fully saturated rings. The summed E-state index contributed by atoms with van der Waals surface area (Å²) >= 11 is 0. The lowest BCUT2D eigenvalue weighted by Crippen LogP contribution is -2.41. The van der Waals surface area contributed by atoms with E-state index in [-0.39, 0.29) is 11.9 Å². The van der Waals surface area contributed by atoms with E-state index in [1.54, 1.807) is 4.90 Å². The highest BCUT2D eigenvalue weighted by Gasteiger charge is 2.45. The Hall–Kier alpha value is -1.57. The van der Waals surface area contributed by atoms with Gasteiger partial charge in [-0.3, -0.25) is 9.59 Å². The molecule has 0 spiro atoms. The van der Waals surface area contributed by atoms with Crippen molar-refractivity contribution in [1.29, 1.82) is 5.26 Å². The number of amides is 1. The van der Waals surface area contributed by atoms with Gasteiger partial charge in [-0.15, -0.1) is 0 Å². The van der Waals surface area contributed by atoms with E-state index >= 15 is 0 Å².